The summed E-state index contributed by atoms with van der Waals surface area (Å²) in [6, 6.07) is 14.5. The lowest BCUT2D eigenvalue weighted by Crippen LogP contribution is -2.49. The predicted molar refractivity (Wildman–Crippen MR) is 126 cm³/mol. The highest BCUT2D eigenvalue weighted by Crippen LogP contribution is 2.42. The molecule has 0 spiro atoms. The Morgan fingerprint density at radius 1 is 1.14 bits per heavy atom. The third-order valence-electron chi connectivity index (χ3n) is 6.20. The molecular formula is C26H29F3N4O2. The predicted octanol–water partition coefficient (Wildman–Crippen LogP) is 5.19. The molecule has 3 unspecified atom stereocenters. The number of amides is 2. The zero-order valence-electron chi connectivity index (χ0n) is 19.7. The minimum atomic E-state index is -4.39. The molecule has 3 N–H and O–H groups in total. The highest BCUT2D eigenvalue weighted by molar-refractivity contribution is 5.74. The fourth-order valence-corrected chi connectivity index (χ4v) is 4.38. The number of alkyl halides is 3. The van der Waals surface area contributed by atoms with E-state index in [0.717, 1.165) is 16.9 Å². The van der Waals surface area contributed by atoms with E-state index in [4.69, 9.17) is 4.74 Å². The number of halogens is 3. The second-order valence-corrected chi connectivity index (χ2v) is 9.18. The van der Waals surface area contributed by atoms with Crippen LogP contribution in [0, 0.1) is 6.92 Å². The number of rotatable bonds is 7. The van der Waals surface area contributed by atoms with Crippen molar-refractivity contribution in [2.24, 2.45) is 0 Å². The van der Waals surface area contributed by atoms with Crippen LogP contribution < -0.4 is 15.4 Å². The number of aromatic amines is 1. The Morgan fingerprint density at radius 3 is 2.51 bits per heavy atom. The summed E-state index contributed by atoms with van der Waals surface area (Å²) in [5.74, 6) is -0.887. The summed E-state index contributed by atoms with van der Waals surface area (Å²) in [6.45, 7) is 4.37. The van der Waals surface area contributed by atoms with Crippen molar-refractivity contribution >= 4 is 6.03 Å². The lowest BCUT2D eigenvalue weighted by atomic mass is 9.83. The average molecular weight is 487 g/mol. The molecule has 6 nitrogen and oxygen atoms in total. The Bertz CT molecular complexity index is 1130. The van der Waals surface area contributed by atoms with Gasteiger partial charge in [0.1, 0.15) is 12.4 Å². The molecule has 9 heteroatoms. The molecule has 1 aliphatic rings. The molecule has 0 bridgehead atoms. The van der Waals surface area contributed by atoms with E-state index in [-0.39, 0.29) is 24.4 Å². The Kier molecular flexibility index (Phi) is 7.33. The smallest absolute Gasteiger partial charge is 0.395 e. The van der Waals surface area contributed by atoms with Gasteiger partial charge in [-0.2, -0.15) is 18.3 Å². The van der Waals surface area contributed by atoms with Gasteiger partial charge in [0.25, 0.3) is 0 Å². The van der Waals surface area contributed by atoms with Crippen LogP contribution in [0.4, 0.5) is 18.0 Å². The highest BCUT2D eigenvalue weighted by Gasteiger charge is 2.46. The summed E-state index contributed by atoms with van der Waals surface area (Å²) < 4.78 is 46.2. The van der Waals surface area contributed by atoms with Gasteiger partial charge in [0.2, 0.25) is 0 Å². The van der Waals surface area contributed by atoms with Crippen molar-refractivity contribution in [2.75, 3.05) is 0 Å². The average Bonchev–Trinajstić information content (AvgIpc) is 3.27. The number of nitrogens with one attached hydrogen (secondary N) is 3. The van der Waals surface area contributed by atoms with Gasteiger partial charge in [-0.15, -0.1) is 0 Å². The van der Waals surface area contributed by atoms with Gasteiger partial charge in [-0.05, 0) is 49.9 Å². The number of hydrogen-bond donors (Lipinski definition) is 3. The van der Waals surface area contributed by atoms with Crippen LogP contribution >= 0.6 is 0 Å². The molecule has 1 aliphatic carbocycles. The standard InChI is InChI=1S/C26H29F3N4O2/c1-16-3-5-19(6-4-16)15-35-21-9-7-18(8-10-21)11-17(2)31-25(34)32-20-12-23(26(27,28)29)22-14-30-33-24(22)13-20/h3-10,14,17,20,23H,11-13,15H2,1-2H3,(H,30,33)(H2,31,32,34). The molecule has 1 aromatic heterocycles. The third kappa shape index (κ3) is 6.55. The molecule has 0 saturated carbocycles. The van der Waals surface area contributed by atoms with Crippen molar-refractivity contribution in [1.82, 2.24) is 20.8 Å². The van der Waals surface area contributed by atoms with Crippen LogP contribution in [0.15, 0.2) is 54.7 Å². The third-order valence-corrected chi connectivity index (χ3v) is 6.20. The minimum absolute atomic E-state index is 0.163. The van der Waals surface area contributed by atoms with Gasteiger partial charge >= 0.3 is 12.2 Å². The summed E-state index contributed by atoms with van der Waals surface area (Å²) in [5.41, 5.74) is 3.88. The van der Waals surface area contributed by atoms with Gasteiger partial charge in [0.05, 0.1) is 12.1 Å². The van der Waals surface area contributed by atoms with E-state index in [1.165, 1.54) is 11.8 Å². The molecule has 186 valence electrons. The summed E-state index contributed by atoms with van der Waals surface area (Å²) in [6.07, 6.45) is -2.51. The number of aryl methyl sites for hydroxylation is 1. The second-order valence-electron chi connectivity index (χ2n) is 9.18. The maximum Gasteiger partial charge on any atom is 0.395 e. The molecule has 2 aromatic carbocycles. The number of benzene rings is 2. The number of hydrogen-bond acceptors (Lipinski definition) is 3. The van der Waals surface area contributed by atoms with Gasteiger partial charge in [0.15, 0.2) is 0 Å². The van der Waals surface area contributed by atoms with Crippen LogP contribution in [0.3, 0.4) is 0 Å². The van der Waals surface area contributed by atoms with E-state index in [0.29, 0.717) is 18.7 Å². The van der Waals surface area contributed by atoms with Gasteiger partial charge in [-0.3, -0.25) is 5.10 Å². The number of fused-ring (bicyclic) bond motifs is 1. The summed E-state index contributed by atoms with van der Waals surface area (Å²) >= 11 is 0. The minimum Gasteiger partial charge on any atom is -0.489 e. The molecule has 0 saturated heterocycles. The molecule has 0 aliphatic heterocycles. The number of urea groups is 1. The maximum atomic E-state index is 13.5. The molecule has 0 radical (unpaired) electrons. The maximum absolute atomic E-state index is 13.5. The fourth-order valence-electron chi connectivity index (χ4n) is 4.38. The van der Waals surface area contributed by atoms with Crippen molar-refractivity contribution in [3.05, 3.63) is 82.7 Å². The van der Waals surface area contributed by atoms with E-state index in [2.05, 4.69) is 20.8 Å². The first kappa shape index (κ1) is 24.6. The number of H-pyrrole nitrogens is 1. The van der Waals surface area contributed by atoms with Crippen molar-refractivity contribution in [3.63, 3.8) is 0 Å². The summed E-state index contributed by atoms with van der Waals surface area (Å²) in [5, 5.41) is 11.9. The summed E-state index contributed by atoms with van der Waals surface area (Å²) in [4.78, 5) is 12.5. The number of carbonyl (C=O) groups is 1. The van der Waals surface area contributed by atoms with Gasteiger partial charge < -0.3 is 15.4 Å². The highest BCUT2D eigenvalue weighted by atomic mass is 19.4. The van der Waals surface area contributed by atoms with Gasteiger partial charge in [-0.1, -0.05) is 42.0 Å². The Balaban J connectivity index is 1.25. The monoisotopic (exact) mass is 486 g/mol. The first-order chi connectivity index (χ1) is 16.7. The quantitative estimate of drug-likeness (QED) is 0.430. The molecule has 4 rings (SSSR count). The largest absolute Gasteiger partial charge is 0.489 e. The van der Waals surface area contributed by atoms with E-state index >= 15 is 0 Å². The van der Waals surface area contributed by atoms with Crippen LogP contribution in [0.2, 0.25) is 0 Å². The molecule has 3 aromatic rings. The van der Waals surface area contributed by atoms with E-state index in [1.54, 1.807) is 0 Å². The van der Waals surface area contributed by atoms with Crippen molar-refractivity contribution in [1.29, 1.82) is 0 Å². The normalized spacial score (nSPS) is 18.4. The Hall–Kier alpha value is -3.49. The topological polar surface area (TPSA) is 79.0 Å². The van der Waals surface area contributed by atoms with Gasteiger partial charge in [-0.25, -0.2) is 4.79 Å². The van der Waals surface area contributed by atoms with Crippen LogP contribution in [-0.2, 0) is 19.4 Å². The second kappa shape index (κ2) is 10.4. The molecular weight excluding hydrogens is 457 g/mol. The number of aromatic nitrogens is 2. The van der Waals surface area contributed by atoms with Crippen LogP contribution in [-0.4, -0.2) is 34.5 Å². The van der Waals surface area contributed by atoms with Crippen LogP contribution in [0.1, 0.15) is 47.2 Å². The zero-order valence-corrected chi connectivity index (χ0v) is 19.7. The van der Waals surface area contributed by atoms with Crippen molar-refractivity contribution in [3.8, 4) is 5.75 Å². The SMILES string of the molecule is Cc1ccc(COc2ccc(CC(C)NC(=O)NC3Cc4[nH]ncc4C(C(F)(F)F)C3)cc2)cc1. The van der Waals surface area contributed by atoms with Crippen LogP contribution in [0.25, 0.3) is 0 Å². The number of ether oxygens (including phenoxy) is 1. The summed E-state index contributed by atoms with van der Waals surface area (Å²) in [7, 11) is 0. The van der Waals surface area contributed by atoms with E-state index in [9.17, 15) is 18.0 Å². The van der Waals surface area contributed by atoms with Crippen molar-refractivity contribution in [2.45, 2.75) is 63.9 Å². The lowest BCUT2D eigenvalue weighted by Gasteiger charge is -2.31. The number of nitrogens with zero attached hydrogens (tertiary/aromatic N) is 1. The number of carbonyl (C=O) groups excluding carboxylic acids is 1. The van der Waals surface area contributed by atoms with Crippen LogP contribution in [0.5, 0.6) is 5.75 Å². The molecule has 35 heavy (non-hydrogen) atoms. The molecule has 1 heterocycles. The molecule has 2 amide bonds. The zero-order chi connectivity index (χ0) is 25.0. The van der Waals surface area contributed by atoms with Gasteiger partial charge in [0, 0.05) is 29.8 Å². The lowest BCUT2D eigenvalue weighted by molar-refractivity contribution is -0.154. The van der Waals surface area contributed by atoms with E-state index < -0.39 is 24.2 Å². The first-order valence-electron chi connectivity index (χ1n) is 11.6. The van der Waals surface area contributed by atoms with E-state index in [1.807, 2.05) is 62.4 Å². The fraction of sp³-hybridized carbons (Fsp3) is 0.385. The molecule has 0 fully saturated rings. The van der Waals surface area contributed by atoms with Crippen molar-refractivity contribution < 1.29 is 22.7 Å². The Labute approximate surface area is 202 Å². The Morgan fingerprint density at radius 2 is 1.83 bits per heavy atom. The molecule has 3 atom stereocenters. The first-order valence-corrected chi connectivity index (χ1v) is 11.6.